The first-order valence-electron chi connectivity index (χ1n) is 7.16. The van der Waals surface area contributed by atoms with Gasteiger partial charge in [-0.25, -0.2) is 9.97 Å². The summed E-state index contributed by atoms with van der Waals surface area (Å²) in [6.07, 6.45) is 3.65. The Morgan fingerprint density at radius 3 is 2.58 bits per heavy atom. The fraction of sp³-hybridized carbons (Fsp3) is 0.733. The molecule has 2 heterocycles. The third kappa shape index (κ3) is 2.86. The first kappa shape index (κ1) is 14.6. The number of anilines is 1. The maximum Gasteiger partial charge on any atom is 0.137 e. The third-order valence-electron chi connectivity index (χ3n) is 3.85. The minimum Gasteiger partial charge on any atom is -0.353 e. The van der Waals surface area contributed by atoms with Gasteiger partial charge in [-0.2, -0.15) is 0 Å². The molecule has 1 fully saturated rings. The number of rotatable bonds is 2. The third-order valence-corrected chi connectivity index (χ3v) is 4.22. The van der Waals surface area contributed by atoms with E-state index >= 15 is 0 Å². The maximum absolute atomic E-state index is 6.32. The van der Waals surface area contributed by atoms with E-state index in [4.69, 9.17) is 16.6 Å². The van der Waals surface area contributed by atoms with Crippen LogP contribution in [0.1, 0.15) is 58.3 Å². The summed E-state index contributed by atoms with van der Waals surface area (Å²) in [7, 11) is 0. The fourth-order valence-corrected chi connectivity index (χ4v) is 2.80. The van der Waals surface area contributed by atoms with Crippen molar-refractivity contribution in [3.8, 4) is 0 Å². The van der Waals surface area contributed by atoms with Crippen molar-refractivity contribution in [1.29, 1.82) is 0 Å². The van der Waals surface area contributed by atoms with E-state index in [0.717, 1.165) is 30.2 Å². The lowest BCUT2D eigenvalue weighted by molar-refractivity contribution is 0.541. The van der Waals surface area contributed by atoms with E-state index in [-0.39, 0.29) is 5.41 Å². The average Bonchev–Trinajstić information content (AvgIpc) is 2.79. The molecule has 3 nitrogen and oxygen atoms in total. The molecule has 1 unspecified atom stereocenters. The van der Waals surface area contributed by atoms with Gasteiger partial charge in [0.25, 0.3) is 0 Å². The minimum absolute atomic E-state index is 0.0759. The van der Waals surface area contributed by atoms with E-state index < -0.39 is 0 Å². The summed E-state index contributed by atoms with van der Waals surface area (Å²) in [4.78, 5) is 11.7. The van der Waals surface area contributed by atoms with Crippen molar-refractivity contribution in [3.05, 3.63) is 16.5 Å². The Bertz CT molecular complexity index is 465. The Morgan fingerprint density at radius 2 is 2.00 bits per heavy atom. The molecule has 2 rings (SSSR count). The maximum atomic E-state index is 6.32. The summed E-state index contributed by atoms with van der Waals surface area (Å²) in [5, 5.41) is 0.594. The van der Waals surface area contributed by atoms with Gasteiger partial charge >= 0.3 is 0 Å². The number of aromatic nitrogens is 2. The highest BCUT2D eigenvalue weighted by molar-refractivity contribution is 6.30. The minimum atomic E-state index is -0.0759. The van der Waals surface area contributed by atoms with E-state index in [0.29, 0.717) is 11.2 Å². The van der Waals surface area contributed by atoms with Gasteiger partial charge in [0.15, 0.2) is 0 Å². The van der Waals surface area contributed by atoms with Crippen LogP contribution < -0.4 is 4.90 Å². The van der Waals surface area contributed by atoms with Crippen LogP contribution >= 0.6 is 11.6 Å². The zero-order valence-corrected chi connectivity index (χ0v) is 13.4. The first-order chi connectivity index (χ1) is 8.84. The molecule has 0 aromatic carbocycles. The molecule has 1 saturated heterocycles. The summed E-state index contributed by atoms with van der Waals surface area (Å²) in [5.41, 5.74) is 0.933. The molecule has 0 bridgehead atoms. The highest BCUT2D eigenvalue weighted by atomic mass is 35.5. The Kier molecular flexibility index (Phi) is 4.05. The molecule has 1 aromatic heterocycles. The summed E-state index contributed by atoms with van der Waals surface area (Å²) >= 11 is 6.32. The smallest absolute Gasteiger partial charge is 0.137 e. The highest BCUT2D eigenvalue weighted by Crippen LogP contribution is 2.33. The summed E-state index contributed by atoms with van der Waals surface area (Å²) < 4.78 is 0. The second kappa shape index (κ2) is 5.28. The van der Waals surface area contributed by atoms with Gasteiger partial charge in [-0.1, -0.05) is 39.3 Å². The lowest BCUT2D eigenvalue weighted by atomic mass is 9.95. The molecular weight excluding hydrogens is 258 g/mol. The normalized spacial score (nSPS) is 20.1. The topological polar surface area (TPSA) is 29.0 Å². The second-order valence-electron chi connectivity index (χ2n) is 6.43. The van der Waals surface area contributed by atoms with Gasteiger partial charge in [0, 0.05) is 23.6 Å². The fourth-order valence-electron chi connectivity index (χ4n) is 2.63. The predicted molar refractivity (Wildman–Crippen MR) is 81.1 cm³/mol. The van der Waals surface area contributed by atoms with Crippen LogP contribution in [0.2, 0.25) is 5.15 Å². The second-order valence-corrected chi connectivity index (χ2v) is 6.79. The summed E-state index contributed by atoms with van der Waals surface area (Å²) in [6.45, 7) is 11.7. The van der Waals surface area contributed by atoms with Crippen LogP contribution in [0.25, 0.3) is 0 Å². The van der Waals surface area contributed by atoms with Crippen molar-refractivity contribution in [2.45, 2.75) is 65.3 Å². The molecule has 0 aliphatic carbocycles. The molecule has 1 aromatic rings. The van der Waals surface area contributed by atoms with Crippen LogP contribution in [0, 0.1) is 6.92 Å². The van der Waals surface area contributed by atoms with E-state index in [1.807, 2.05) is 6.92 Å². The van der Waals surface area contributed by atoms with Crippen molar-refractivity contribution in [3.63, 3.8) is 0 Å². The van der Waals surface area contributed by atoms with Gasteiger partial charge in [-0.05, 0) is 26.2 Å². The molecule has 4 heteroatoms. The van der Waals surface area contributed by atoms with Crippen molar-refractivity contribution < 1.29 is 0 Å². The van der Waals surface area contributed by atoms with Gasteiger partial charge in [-0.15, -0.1) is 0 Å². The molecule has 0 saturated carbocycles. The quantitative estimate of drug-likeness (QED) is 0.764. The number of nitrogens with zero attached hydrogens (tertiary/aromatic N) is 3. The van der Waals surface area contributed by atoms with Crippen LogP contribution in [0.4, 0.5) is 5.82 Å². The van der Waals surface area contributed by atoms with Gasteiger partial charge in [0.1, 0.15) is 16.8 Å². The lowest BCUT2D eigenvalue weighted by Gasteiger charge is -2.28. The van der Waals surface area contributed by atoms with Crippen LogP contribution in [-0.4, -0.2) is 22.6 Å². The molecule has 1 atom stereocenters. The zero-order valence-electron chi connectivity index (χ0n) is 12.6. The molecule has 19 heavy (non-hydrogen) atoms. The van der Waals surface area contributed by atoms with Crippen molar-refractivity contribution in [1.82, 2.24) is 9.97 Å². The Hall–Kier alpha value is -0.830. The van der Waals surface area contributed by atoms with Gasteiger partial charge in [0.2, 0.25) is 0 Å². The van der Waals surface area contributed by atoms with Crippen LogP contribution in [0.15, 0.2) is 0 Å². The Balaban J connectivity index is 2.47. The molecular formula is C15H24ClN3. The molecule has 0 radical (unpaired) electrons. The predicted octanol–water partition coefficient (Wildman–Crippen LogP) is 4.11. The van der Waals surface area contributed by atoms with E-state index in [1.165, 1.54) is 12.8 Å². The van der Waals surface area contributed by atoms with E-state index in [1.54, 1.807) is 0 Å². The van der Waals surface area contributed by atoms with Crippen molar-refractivity contribution in [2.24, 2.45) is 0 Å². The highest BCUT2D eigenvalue weighted by Gasteiger charge is 2.28. The molecule has 0 spiro atoms. The van der Waals surface area contributed by atoms with Crippen LogP contribution in [0.3, 0.4) is 0 Å². The standard InChI is InChI=1S/C15H24ClN3/c1-6-11-8-7-9-19(11)13-10(2)12(16)17-14(18-13)15(3,4)5/h11H,6-9H2,1-5H3. The number of halogens is 1. The first-order valence-corrected chi connectivity index (χ1v) is 7.53. The molecule has 1 aliphatic heterocycles. The monoisotopic (exact) mass is 281 g/mol. The van der Waals surface area contributed by atoms with Gasteiger partial charge in [-0.3, -0.25) is 0 Å². The number of hydrogen-bond donors (Lipinski definition) is 0. The Morgan fingerprint density at radius 1 is 1.32 bits per heavy atom. The zero-order chi connectivity index (χ0) is 14.2. The average molecular weight is 282 g/mol. The largest absolute Gasteiger partial charge is 0.353 e. The molecule has 1 aliphatic rings. The Labute approximate surface area is 121 Å². The summed E-state index contributed by atoms with van der Waals surface area (Å²) in [6, 6.07) is 0.595. The van der Waals surface area contributed by atoms with E-state index in [9.17, 15) is 0 Å². The molecule has 0 amide bonds. The number of hydrogen-bond acceptors (Lipinski definition) is 3. The van der Waals surface area contributed by atoms with E-state index in [2.05, 4.69) is 37.6 Å². The molecule has 106 valence electrons. The van der Waals surface area contributed by atoms with Crippen molar-refractivity contribution >= 4 is 17.4 Å². The SMILES string of the molecule is CCC1CCCN1c1nc(C(C)(C)C)nc(Cl)c1C. The van der Waals surface area contributed by atoms with Crippen molar-refractivity contribution in [2.75, 3.05) is 11.4 Å². The van der Waals surface area contributed by atoms with Crippen LogP contribution in [-0.2, 0) is 5.41 Å². The van der Waals surface area contributed by atoms with Gasteiger partial charge < -0.3 is 4.90 Å². The van der Waals surface area contributed by atoms with Gasteiger partial charge in [0.05, 0.1) is 0 Å². The lowest BCUT2D eigenvalue weighted by Crippen LogP contribution is -2.31. The molecule has 0 N–H and O–H groups in total. The summed E-state index contributed by atoms with van der Waals surface area (Å²) in [5.74, 6) is 1.87. The van der Waals surface area contributed by atoms with Crippen LogP contribution in [0.5, 0.6) is 0 Å².